The lowest BCUT2D eigenvalue weighted by atomic mass is 10.1. The van der Waals surface area contributed by atoms with Crippen LogP contribution >= 0.6 is 15.9 Å². The lowest BCUT2D eigenvalue weighted by molar-refractivity contribution is -0.128. The van der Waals surface area contributed by atoms with Crippen molar-refractivity contribution < 1.29 is 18.4 Å². The number of alkyl halides is 2. The molecule has 0 aliphatic carbocycles. The quantitative estimate of drug-likeness (QED) is 0.627. The van der Waals surface area contributed by atoms with E-state index in [2.05, 4.69) is 20.9 Å². The number of carbonyl (C=O) groups excluding carboxylic acids is 2. The lowest BCUT2D eigenvalue weighted by Gasteiger charge is -2.00. The minimum atomic E-state index is -3.10. The highest BCUT2D eigenvalue weighted by molar-refractivity contribution is 9.10. The van der Waals surface area contributed by atoms with E-state index in [1.54, 1.807) is 0 Å². The normalized spacial score (nSPS) is 10.4. The summed E-state index contributed by atoms with van der Waals surface area (Å²) in [5.41, 5.74) is 0.137. The second-order valence-electron chi connectivity index (χ2n) is 2.76. The molecule has 6 heteroatoms. The van der Waals surface area contributed by atoms with Crippen LogP contribution in [0.25, 0.3) is 0 Å². The fourth-order valence-corrected chi connectivity index (χ4v) is 1.27. The molecule has 0 unspecified atom stereocenters. The summed E-state index contributed by atoms with van der Waals surface area (Å²) in [6, 6.07) is 1.42. The van der Waals surface area contributed by atoms with Gasteiger partial charge in [0.1, 0.15) is 0 Å². The van der Waals surface area contributed by atoms with Crippen molar-refractivity contribution in [2.24, 2.45) is 0 Å². The first kappa shape index (κ1) is 11.9. The van der Waals surface area contributed by atoms with Crippen molar-refractivity contribution in [3.05, 3.63) is 28.5 Å². The predicted molar refractivity (Wildman–Crippen MR) is 51.9 cm³/mol. The van der Waals surface area contributed by atoms with Crippen LogP contribution in [0.3, 0.4) is 0 Å². The Kier molecular flexibility index (Phi) is 4.02. The van der Waals surface area contributed by atoms with Crippen molar-refractivity contribution in [3.63, 3.8) is 0 Å². The van der Waals surface area contributed by atoms with Gasteiger partial charge in [0, 0.05) is 22.4 Å². The van der Waals surface area contributed by atoms with E-state index in [0.29, 0.717) is 4.47 Å². The van der Waals surface area contributed by atoms with Crippen LogP contribution in [0.5, 0.6) is 0 Å². The fraction of sp³-hybridized carbons (Fsp3) is 0.222. The molecule has 1 aromatic rings. The van der Waals surface area contributed by atoms with Crippen molar-refractivity contribution in [2.45, 2.75) is 12.8 Å². The number of Topliss-reactive ketones (excluding diaryl/α,β-unsaturated/α-hetero) is 2. The largest absolute Gasteiger partial charge is 0.296 e. The summed E-state index contributed by atoms with van der Waals surface area (Å²) in [5.74, 6) is -2.03. The van der Waals surface area contributed by atoms with Crippen LogP contribution in [0.2, 0.25) is 0 Å². The average molecular weight is 278 g/mol. The maximum absolute atomic E-state index is 11.9. The molecule has 0 amide bonds. The maximum Gasteiger partial charge on any atom is 0.296 e. The zero-order chi connectivity index (χ0) is 11.4. The monoisotopic (exact) mass is 277 g/mol. The molecule has 1 rings (SSSR count). The number of carbonyl (C=O) groups is 2. The van der Waals surface area contributed by atoms with E-state index in [4.69, 9.17) is 0 Å². The van der Waals surface area contributed by atoms with Gasteiger partial charge in [0.25, 0.3) is 6.43 Å². The summed E-state index contributed by atoms with van der Waals surface area (Å²) in [4.78, 5) is 25.6. The van der Waals surface area contributed by atoms with Crippen LogP contribution in [0.1, 0.15) is 16.8 Å². The van der Waals surface area contributed by atoms with Crippen molar-refractivity contribution in [2.75, 3.05) is 0 Å². The summed E-state index contributed by atoms with van der Waals surface area (Å²) in [5, 5.41) is 0. The third kappa shape index (κ3) is 3.47. The van der Waals surface area contributed by atoms with E-state index in [-0.39, 0.29) is 5.56 Å². The lowest BCUT2D eigenvalue weighted by Crippen LogP contribution is -2.15. The summed E-state index contributed by atoms with van der Waals surface area (Å²) in [6.45, 7) is 0. The number of pyridine rings is 1. The van der Waals surface area contributed by atoms with Crippen LogP contribution in [0, 0.1) is 0 Å². The van der Waals surface area contributed by atoms with Crippen molar-refractivity contribution in [1.82, 2.24) is 4.98 Å². The summed E-state index contributed by atoms with van der Waals surface area (Å²) >= 11 is 3.08. The molecule has 0 N–H and O–H groups in total. The summed E-state index contributed by atoms with van der Waals surface area (Å²) in [7, 11) is 0. The Balaban J connectivity index is 2.74. The topological polar surface area (TPSA) is 47.0 Å². The Bertz CT molecular complexity index is 395. The zero-order valence-electron chi connectivity index (χ0n) is 7.41. The van der Waals surface area contributed by atoms with Crippen LogP contribution in [-0.4, -0.2) is 23.0 Å². The standard InChI is InChI=1S/C9H6BrF2NO2/c10-6-1-5(3-13-4-6)7(14)2-8(15)9(11)12/h1,3-4,9H,2H2. The molecule has 0 radical (unpaired) electrons. The number of rotatable bonds is 4. The molecular formula is C9H6BrF2NO2. The van der Waals surface area contributed by atoms with Gasteiger partial charge >= 0.3 is 0 Å². The number of hydrogen-bond donors (Lipinski definition) is 0. The fourth-order valence-electron chi connectivity index (χ4n) is 0.902. The molecule has 0 saturated heterocycles. The molecule has 1 aromatic heterocycles. The second kappa shape index (κ2) is 5.06. The predicted octanol–water partition coefficient (Wildman–Crippen LogP) is 2.25. The zero-order valence-corrected chi connectivity index (χ0v) is 9.00. The highest BCUT2D eigenvalue weighted by Crippen LogP contribution is 2.12. The molecule has 0 atom stereocenters. The Morgan fingerprint density at radius 2 is 2.07 bits per heavy atom. The number of halogens is 3. The Morgan fingerprint density at radius 1 is 1.40 bits per heavy atom. The van der Waals surface area contributed by atoms with Gasteiger partial charge in [-0.2, -0.15) is 0 Å². The van der Waals surface area contributed by atoms with Crippen molar-refractivity contribution >= 4 is 27.5 Å². The van der Waals surface area contributed by atoms with E-state index < -0.39 is 24.4 Å². The van der Waals surface area contributed by atoms with Gasteiger partial charge in [-0.15, -0.1) is 0 Å². The Hall–Kier alpha value is -1.17. The molecule has 0 saturated carbocycles. The van der Waals surface area contributed by atoms with Crippen LogP contribution in [0.4, 0.5) is 8.78 Å². The van der Waals surface area contributed by atoms with Gasteiger partial charge in [0.05, 0.1) is 6.42 Å². The van der Waals surface area contributed by atoms with Crippen LogP contribution < -0.4 is 0 Å². The molecule has 0 aliphatic rings. The van der Waals surface area contributed by atoms with E-state index in [0.717, 1.165) is 0 Å². The molecule has 0 spiro atoms. The molecule has 0 bridgehead atoms. The third-order valence-electron chi connectivity index (χ3n) is 1.61. The molecule has 3 nitrogen and oxygen atoms in total. The molecule has 0 aliphatic heterocycles. The Morgan fingerprint density at radius 3 is 2.60 bits per heavy atom. The van der Waals surface area contributed by atoms with Crippen LogP contribution in [-0.2, 0) is 4.79 Å². The first-order chi connectivity index (χ1) is 7.00. The number of ketones is 2. The van der Waals surface area contributed by atoms with E-state index in [9.17, 15) is 18.4 Å². The number of nitrogens with zero attached hydrogens (tertiary/aromatic N) is 1. The minimum absolute atomic E-state index is 0.137. The highest BCUT2D eigenvalue weighted by Gasteiger charge is 2.20. The summed E-state index contributed by atoms with van der Waals surface area (Å²) < 4.78 is 24.3. The molecule has 0 aromatic carbocycles. The second-order valence-corrected chi connectivity index (χ2v) is 3.67. The van der Waals surface area contributed by atoms with E-state index >= 15 is 0 Å². The number of hydrogen-bond acceptors (Lipinski definition) is 3. The van der Waals surface area contributed by atoms with Gasteiger partial charge in [-0.05, 0) is 22.0 Å². The van der Waals surface area contributed by atoms with E-state index in [1.807, 2.05) is 0 Å². The molecule has 80 valence electrons. The van der Waals surface area contributed by atoms with E-state index in [1.165, 1.54) is 18.5 Å². The average Bonchev–Trinajstić information content (AvgIpc) is 2.17. The van der Waals surface area contributed by atoms with Crippen molar-refractivity contribution in [3.8, 4) is 0 Å². The first-order valence-corrected chi connectivity index (χ1v) is 4.74. The van der Waals surface area contributed by atoms with Gasteiger partial charge in [-0.1, -0.05) is 0 Å². The van der Waals surface area contributed by atoms with Crippen molar-refractivity contribution in [1.29, 1.82) is 0 Å². The van der Waals surface area contributed by atoms with Gasteiger partial charge in [0.2, 0.25) is 5.78 Å². The number of aromatic nitrogens is 1. The molecular weight excluding hydrogens is 272 g/mol. The maximum atomic E-state index is 11.9. The molecule has 15 heavy (non-hydrogen) atoms. The molecule has 0 fully saturated rings. The SMILES string of the molecule is O=C(CC(=O)C(F)F)c1cncc(Br)c1. The molecule has 1 heterocycles. The van der Waals surface area contributed by atoms with Gasteiger partial charge in [-0.3, -0.25) is 14.6 Å². The first-order valence-electron chi connectivity index (χ1n) is 3.95. The third-order valence-corrected chi connectivity index (χ3v) is 2.04. The van der Waals surface area contributed by atoms with Gasteiger partial charge in [-0.25, -0.2) is 8.78 Å². The minimum Gasteiger partial charge on any atom is -0.294 e. The highest BCUT2D eigenvalue weighted by atomic mass is 79.9. The van der Waals surface area contributed by atoms with Crippen LogP contribution in [0.15, 0.2) is 22.9 Å². The van der Waals surface area contributed by atoms with Gasteiger partial charge in [0.15, 0.2) is 5.78 Å². The Labute approximate surface area is 92.6 Å². The smallest absolute Gasteiger partial charge is 0.294 e. The van der Waals surface area contributed by atoms with Gasteiger partial charge < -0.3 is 0 Å². The summed E-state index contributed by atoms with van der Waals surface area (Å²) in [6.07, 6.45) is -1.22.